The van der Waals surface area contributed by atoms with Crippen molar-refractivity contribution < 1.29 is 5.11 Å². The van der Waals surface area contributed by atoms with Gasteiger partial charge in [0.15, 0.2) is 0 Å². The number of nitrogens with zero attached hydrogens (tertiary/aromatic N) is 1. The van der Waals surface area contributed by atoms with Gasteiger partial charge in [-0.25, -0.2) is 0 Å². The van der Waals surface area contributed by atoms with Crippen LogP contribution >= 0.6 is 0 Å². The first kappa shape index (κ1) is 12.9. The van der Waals surface area contributed by atoms with E-state index in [-0.39, 0.29) is 0 Å². The topological polar surface area (TPSA) is 35.5 Å². The Morgan fingerprint density at radius 3 is 2.54 bits per heavy atom. The summed E-state index contributed by atoms with van der Waals surface area (Å²) in [5.41, 5.74) is -0.533. The first-order valence-corrected chi connectivity index (χ1v) is 5.07. The molecule has 0 aromatic carbocycles. The van der Waals surface area contributed by atoms with Crippen LogP contribution < -0.4 is 5.32 Å². The average molecular weight is 188 g/mol. The Morgan fingerprint density at radius 1 is 1.46 bits per heavy atom. The third kappa shape index (κ3) is 6.99. The van der Waals surface area contributed by atoms with Crippen molar-refractivity contribution in [2.75, 3.05) is 33.7 Å². The summed E-state index contributed by atoms with van der Waals surface area (Å²) in [6.45, 7) is 6.74. The van der Waals surface area contributed by atoms with Gasteiger partial charge < -0.3 is 15.3 Å². The molecule has 0 aromatic rings. The van der Waals surface area contributed by atoms with Crippen molar-refractivity contribution in [1.82, 2.24) is 10.2 Å². The van der Waals surface area contributed by atoms with Gasteiger partial charge in [-0.3, -0.25) is 0 Å². The first-order chi connectivity index (χ1) is 6.02. The first-order valence-electron chi connectivity index (χ1n) is 5.07. The largest absolute Gasteiger partial charge is 0.389 e. The number of likely N-dealkylation sites (N-methyl/N-ethyl adjacent to an activating group) is 1. The van der Waals surface area contributed by atoms with E-state index in [1.54, 1.807) is 0 Å². The smallest absolute Gasteiger partial charge is 0.0743 e. The Bertz CT molecular complexity index is 126. The minimum absolute atomic E-state index is 0.533. The number of rotatable bonds is 7. The summed E-state index contributed by atoms with van der Waals surface area (Å²) in [6.07, 6.45) is 1.94. The third-order valence-corrected chi connectivity index (χ3v) is 2.34. The molecule has 0 saturated carbocycles. The van der Waals surface area contributed by atoms with Crippen LogP contribution in [0.25, 0.3) is 0 Å². The molecule has 3 nitrogen and oxygen atoms in total. The number of aliphatic hydroxyl groups is 1. The Labute approximate surface area is 82.1 Å². The average Bonchev–Trinajstić information content (AvgIpc) is 2.04. The molecule has 0 rings (SSSR count). The van der Waals surface area contributed by atoms with Crippen LogP contribution in [-0.4, -0.2) is 49.3 Å². The monoisotopic (exact) mass is 188 g/mol. The highest BCUT2D eigenvalue weighted by molar-refractivity contribution is 4.74. The highest BCUT2D eigenvalue weighted by atomic mass is 16.3. The van der Waals surface area contributed by atoms with Gasteiger partial charge in [0.1, 0.15) is 0 Å². The van der Waals surface area contributed by atoms with E-state index >= 15 is 0 Å². The maximum atomic E-state index is 9.79. The van der Waals surface area contributed by atoms with Crippen LogP contribution in [0.2, 0.25) is 0 Å². The molecule has 0 bridgehead atoms. The Morgan fingerprint density at radius 2 is 2.08 bits per heavy atom. The summed E-state index contributed by atoms with van der Waals surface area (Å²) in [6, 6.07) is 0. The van der Waals surface area contributed by atoms with Gasteiger partial charge >= 0.3 is 0 Å². The Kier molecular flexibility index (Phi) is 6.29. The van der Waals surface area contributed by atoms with E-state index in [2.05, 4.69) is 17.3 Å². The van der Waals surface area contributed by atoms with Crippen molar-refractivity contribution in [2.45, 2.75) is 32.3 Å². The highest BCUT2D eigenvalue weighted by Crippen LogP contribution is 2.09. The van der Waals surface area contributed by atoms with Crippen molar-refractivity contribution in [3.63, 3.8) is 0 Å². The molecule has 0 aliphatic carbocycles. The second-order valence-electron chi connectivity index (χ2n) is 4.05. The van der Waals surface area contributed by atoms with Crippen LogP contribution in [0.15, 0.2) is 0 Å². The highest BCUT2D eigenvalue weighted by Gasteiger charge is 2.19. The molecule has 13 heavy (non-hydrogen) atoms. The summed E-state index contributed by atoms with van der Waals surface area (Å²) in [4.78, 5) is 2.18. The molecule has 0 radical (unpaired) electrons. The minimum atomic E-state index is -0.533. The normalized spacial score (nSPS) is 16.2. The lowest BCUT2D eigenvalue weighted by Gasteiger charge is -2.27. The zero-order valence-electron chi connectivity index (χ0n) is 9.43. The number of nitrogens with one attached hydrogen (secondary N) is 1. The molecule has 0 fully saturated rings. The molecule has 0 amide bonds. The summed E-state index contributed by atoms with van der Waals surface area (Å²) >= 11 is 0. The molecule has 0 aliphatic rings. The van der Waals surface area contributed by atoms with Crippen molar-refractivity contribution in [2.24, 2.45) is 0 Å². The molecule has 3 heteroatoms. The van der Waals surface area contributed by atoms with Gasteiger partial charge in [-0.2, -0.15) is 0 Å². The quantitative estimate of drug-likeness (QED) is 0.577. The SMILES string of the molecule is CCC(C)(O)CN(C)CCCNC. The van der Waals surface area contributed by atoms with E-state index in [4.69, 9.17) is 0 Å². The van der Waals surface area contributed by atoms with E-state index < -0.39 is 5.60 Å². The molecule has 0 saturated heterocycles. The zero-order valence-corrected chi connectivity index (χ0v) is 9.43. The van der Waals surface area contributed by atoms with E-state index in [1.165, 1.54) is 0 Å². The number of hydrogen-bond acceptors (Lipinski definition) is 3. The van der Waals surface area contributed by atoms with E-state index in [0.29, 0.717) is 0 Å². The Hall–Kier alpha value is -0.120. The molecular weight excluding hydrogens is 164 g/mol. The third-order valence-electron chi connectivity index (χ3n) is 2.34. The van der Waals surface area contributed by atoms with Crippen LogP contribution in [0.1, 0.15) is 26.7 Å². The van der Waals surface area contributed by atoms with Gasteiger partial charge in [0.2, 0.25) is 0 Å². The fraction of sp³-hybridized carbons (Fsp3) is 1.00. The molecule has 1 atom stereocenters. The van der Waals surface area contributed by atoms with Gasteiger partial charge in [-0.1, -0.05) is 6.92 Å². The molecule has 0 heterocycles. The van der Waals surface area contributed by atoms with Crippen molar-refractivity contribution >= 4 is 0 Å². The summed E-state index contributed by atoms with van der Waals surface area (Å²) in [5, 5.41) is 12.9. The van der Waals surface area contributed by atoms with Crippen molar-refractivity contribution in [3.05, 3.63) is 0 Å². The summed E-state index contributed by atoms with van der Waals surface area (Å²) in [7, 11) is 4.02. The molecule has 0 aromatic heterocycles. The predicted octanol–water partition coefficient (Wildman–Crippen LogP) is 0.689. The molecule has 0 spiro atoms. The van der Waals surface area contributed by atoms with E-state index in [0.717, 1.165) is 32.5 Å². The van der Waals surface area contributed by atoms with Crippen LogP contribution in [0.3, 0.4) is 0 Å². The maximum Gasteiger partial charge on any atom is 0.0743 e. The zero-order chi connectivity index (χ0) is 10.3. The maximum absolute atomic E-state index is 9.79. The van der Waals surface area contributed by atoms with Gasteiger partial charge in [0.05, 0.1) is 5.60 Å². The minimum Gasteiger partial charge on any atom is -0.389 e. The van der Waals surface area contributed by atoms with Crippen LogP contribution in [0.4, 0.5) is 0 Å². The second kappa shape index (κ2) is 6.35. The van der Waals surface area contributed by atoms with Crippen LogP contribution in [-0.2, 0) is 0 Å². The van der Waals surface area contributed by atoms with Crippen molar-refractivity contribution in [3.8, 4) is 0 Å². The van der Waals surface area contributed by atoms with Gasteiger partial charge in [0.25, 0.3) is 0 Å². The fourth-order valence-corrected chi connectivity index (χ4v) is 1.30. The summed E-state index contributed by atoms with van der Waals surface area (Å²) in [5.74, 6) is 0. The van der Waals surface area contributed by atoms with Crippen LogP contribution in [0, 0.1) is 0 Å². The van der Waals surface area contributed by atoms with Gasteiger partial charge in [0, 0.05) is 6.54 Å². The lowest BCUT2D eigenvalue weighted by Crippen LogP contribution is -2.39. The fourth-order valence-electron chi connectivity index (χ4n) is 1.30. The summed E-state index contributed by atoms with van der Waals surface area (Å²) < 4.78 is 0. The number of hydrogen-bond donors (Lipinski definition) is 2. The van der Waals surface area contributed by atoms with Crippen molar-refractivity contribution in [1.29, 1.82) is 0 Å². The lowest BCUT2D eigenvalue weighted by molar-refractivity contribution is 0.0235. The molecule has 0 aliphatic heterocycles. The molecule has 80 valence electrons. The lowest BCUT2D eigenvalue weighted by atomic mass is 10.0. The predicted molar refractivity (Wildman–Crippen MR) is 57.0 cm³/mol. The van der Waals surface area contributed by atoms with E-state index in [1.807, 2.05) is 20.9 Å². The molecule has 2 N–H and O–H groups in total. The molecular formula is C10H24N2O. The second-order valence-corrected chi connectivity index (χ2v) is 4.05. The van der Waals surface area contributed by atoms with Crippen LogP contribution in [0.5, 0.6) is 0 Å². The van der Waals surface area contributed by atoms with Gasteiger partial charge in [-0.15, -0.1) is 0 Å². The standard InChI is InChI=1S/C10H24N2O/c1-5-10(2,13)9-12(4)8-6-7-11-3/h11,13H,5-9H2,1-4H3. The molecule has 1 unspecified atom stereocenters. The Balaban J connectivity index is 3.55. The van der Waals surface area contributed by atoms with Gasteiger partial charge in [-0.05, 0) is 47.0 Å². The van der Waals surface area contributed by atoms with E-state index in [9.17, 15) is 5.11 Å².